The fourth-order valence-corrected chi connectivity index (χ4v) is 3.73. The van der Waals surface area contributed by atoms with Crippen LogP contribution in [-0.4, -0.2) is 82.0 Å². The molecule has 1 saturated heterocycles. The van der Waals surface area contributed by atoms with Crippen LogP contribution in [0.3, 0.4) is 0 Å². The molecule has 28 heavy (non-hydrogen) atoms. The normalized spacial score (nSPS) is 28.8. The number of aliphatic hydroxyl groups excluding tert-OH is 4. The summed E-state index contributed by atoms with van der Waals surface area (Å²) in [5, 5.41) is 42.4. The average Bonchev–Trinajstić information content (AvgIpc) is 2.66. The minimum Gasteiger partial charge on any atom is -0.497 e. The Balaban J connectivity index is 2.20. The zero-order chi connectivity index (χ0) is 20.9. The van der Waals surface area contributed by atoms with Gasteiger partial charge in [0, 0.05) is 6.42 Å². The van der Waals surface area contributed by atoms with E-state index in [1.165, 1.54) is 7.11 Å². The molecule has 158 valence electrons. The van der Waals surface area contributed by atoms with Crippen molar-refractivity contribution in [3.8, 4) is 5.75 Å². The van der Waals surface area contributed by atoms with Gasteiger partial charge in [-0.2, -0.15) is 8.42 Å². The Labute approximate surface area is 165 Å². The fraction of sp³-hybridized carbons (Fsp3) is 0.533. The SMILES string of the molecule is COc1ccc(CC(=NOS(=O)(=O)O)SC2OC(CO)C(O)C(O)C2O)cc1. The smallest absolute Gasteiger partial charge is 0.466 e. The maximum Gasteiger partial charge on any atom is 0.466 e. The van der Waals surface area contributed by atoms with Gasteiger partial charge in [0.25, 0.3) is 0 Å². The first kappa shape index (κ1) is 22.8. The molecule has 0 saturated carbocycles. The van der Waals surface area contributed by atoms with Gasteiger partial charge >= 0.3 is 10.4 Å². The Kier molecular flexibility index (Phi) is 8.03. The van der Waals surface area contributed by atoms with Crippen LogP contribution in [0.4, 0.5) is 0 Å². The molecule has 5 atom stereocenters. The minimum absolute atomic E-state index is 0.0212. The van der Waals surface area contributed by atoms with E-state index in [4.69, 9.17) is 14.0 Å². The summed E-state index contributed by atoms with van der Waals surface area (Å²) < 4.78 is 44.9. The Hall–Kier alpha value is -1.45. The summed E-state index contributed by atoms with van der Waals surface area (Å²) in [5.41, 5.74) is -0.534. The summed E-state index contributed by atoms with van der Waals surface area (Å²) >= 11 is 0.708. The molecule has 11 nitrogen and oxygen atoms in total. The van der Waals surface area contributed by atoms with Crippen LogP contribution in [0.25, 0.3) is 0 Å². The molecule has 1 aliphatic heterocycles. The number of methoxy groups -OCH3 is 1. The highest BCUT2D eigenvalue weighted by Gasteiger charge is 2.44. The van der Waals surface area contributed by atoms with Gasteiger partial charge in [-0.1, -0.05) is 29.1 Å². The Bertz CT molecular complexity index is 768. The summed E-state index contributed by atoms with van der Waals surface area (Å²) in [6, 6.07) is 6.68. The standard InChI is InChI=1S/C15H21NO10S2/c1-24-9-4-2-8(3-5-9)6-11(16-26-28(21,22)23)27-15-14(20)13(19)12(18)10(7-17)25-15/h2-5,10,12-15,17-20H,6-7H2,1H3,(H,21,22,23). The Morgan fingerprint density at radius 1 is 1.18 bits per heavy atom. The number of oxime groups is 1. The summed E-state index contributed by atoms with van der Waals surface area (Å²) in [7, 11) is -3.37. The van der Waals surface area contributed by atoms with E-state index >= 15 is 0 Å². The molecule has 1 aromatic rings. The molecule has 2 rings (SSSR count). The van der Waals surface area contributed by atoms with Gasteiger partial charge in [0.15, 0.2) is 0 Å². The molecule has 1 fully saturated rings. The van der Waals surface area contributed by atoms with Gasteiger partial charge in [-0.05, 0) is 17.7 Å². The van der Waals surface area contributed by atoms with Crippen molar-refractivity contribution in [1.82, 2.24) is 0 Å². The van der Waals surface area contributed by atoms with E-state index < -0.39 is 46.9 Å². The number of nitrogens with zero attached hydrogens (tertiary/aromatic N) is 1. The lowest BCUT2D eigenvalue weighted by Gasteiger charge is -2.39. The van der Waals surface area contributed by atoms with Crippen molar-refractivity contribution in [3.05, 3.63) is 29.8 Å². The average molecular weight is 439 g/mol. The van der Waals surface area contributed by atoms with Crippen LogP contribution in [-0.2, 0) is 25.8 Å². The summed E-state index contributed by atoms with van der Waals surface area (Å²) in [6.45, 7) is -0.617. The van der Waals surface area contributed by atoms with E-state index in [1.807, 2.05) is 0 Å². The number of benzene rings is 1. The third kappa shape index (κ3) is 6.28. The number of thioether (sulfide) groups is 1. The van der Waals surface area contributed by atoms with E-state index in [2.05, 4.69) is 9.44 Å². The van der Waals surface area contributed by atoms with E-state index in [1.54, 1.807) is 24.3 Å². The van der Waals surface area contributed by atoms with Crippen LogP contribution in [0.1, 0.15) is 5.56 Å². The molecule has 0 aliphatic carbocycles. The highest BCUT2D eigenvalue weighted by molar-refractivity contribution is 8.14. The van der Waals surface area contributed by atoms with Crippen LogP contribution >= 0.6 is 11.8 Å². The highest BCUT2D eigenvalue weighted by Crippen LogP contribution is 2.30. The van der Waals surface area contributed by atoms with Gasteiger partial charge in [0.1, 0.15) is 40.6 Å². The molecule has 1 aliphatic rings. The second kappa shape index (κ2) is 9.84. The summed E-state index contributed by atoms with van der Waals surface area (Å²) in [4.78, 5) is 0. The van der Waals surface area contributed by atoms with Gasteiger partial charge in [-0.25, -0.2) is 4.28 Å². The van der Waals surface area contributed by atoms with Crippen LogP contribution in [0, 0.1) is 0 Å². The lowest BCUT2D eigenvalue weighted by molar-refractivity contribution is -0.205. The third-order valence-electron chi connectivity index (χ3n) is 3.85. The molecule has 5 unspecified atom stereocenters. The lowest BCUT2D eigenvalue weighted by Crippen LogP contribution is -2.57. The molecule has 0 amide bonds. The summed E-state index contributed by atoms with van der Waals surface area (Å²) in [6.07, 6.45) is -5.81. The molecule has 13 heteroatoms. The van der Waals surface area contributed by atoms with Crippen molar-refractivity contribution in [2.75, 3.05) is 13.7 Å². The van der Waals surface area contributed by atoms with Crippen LogP contribution in [0.15, 0.2) is 29.4 Å². The number of rotatable bonds is 7. The van der Waals surface area contributed by atoms with E-state index in [9.17, 15) is 28.8 Å². The topological polar surface area (TPSA) is 175 Å². The van der Waals surface area contributed by atoms with Crippen molar-refractivity contribution < 1.29 is 47.2 Å². The van der Waals surface area contributed by atoms with Crippen molar-refractivity contribution in [2.45, 2.75) is 36.3 Å². The minimum atomic E-state index is -4.86. The molecule has 5 N–H and O–H groups in total. The van der Waals surface area contributed by atoms with Gasteiger partial charge in [-0.3, -0.25) is 4.55 Å². The zero-order valence-corrected chi connectivity index (χ0v) is 16.3. The molecule has 0 aromatic heterocycles. The quantitative estimate of drug-likeness (QED) is 0.151. The first-order chi connectivity index (χ1) is 13.1. The second-order valence-corrected chi connectivity index (χ2v) is 8.00. The molecular formula is C15H21NO10S2. The number of aliphatic hydroxyl groups is 4. The second-order valence-electron chi connectivity index (χ2n) is 5.83. The van der Waals surface area contributed by atoms with E-state index in [0.717, 1.165) is 0 Å². The number of hydrogen-bond donors (Lipinski definition) is 5. The van der Waals surface area contributed by atoms with Gasteiger partial charge < -0.3 is 29.9 Å². The number of ether oxygens (including phenoxy) is 2. The molecular weight excluding hydrogens is 418 g/mol. The molecule has 0 radical (unpaired) electrons. The monoisotopic (exact) mass is 439 g/mol. The van der Waals surface area contributed by atoms with Crippen molar-refractivity contribution >= 4 is 27.2 Å². The molecule has 0 spiro atoms. The van der Waals surface area contributed by atoms with Crippen LogP contribution in [0.5, 0.6) is 5.75 Å². The largest absolute Gasteiger partial charge is 0.497 e. The third-order valence-corrected chi connectivity index (χ3v) is 5.22. The predicted octanol–water partition coefficient (Wildman–Crippen LogP) is -1.10. The number of hydrogen-bond acceptors (Lipinski definition) is 11. The molecule has 1 heterocycles. The molecule has 1 aromatic carbocycles. The van der Waals surface area contributed by atoms with Crippen LogP contribution in [0.2, 0.25) is 0 Å². The van der Waals surface area contributed by atoms with E-state index in [-0.39, 0.29) is 11.5 Å². The fourth-order valence-electron chi connectivity index (χ4n) is 2.40. The highest BCUT2D eigenvalue weighted by atomic mass is 32.3. The first-order valence-corrected chi connectivity index (χ1v) is 10.2. The lowest BCUT2D eigenvalue weighted by atomic mass is 10.0. The predicted molar refractivity (Wildman–Crippen MR) is 98.1 cm³/mol. The first-order valence-electron chi connectivity index (χ1n) is 7.97. The molecule has 0 bridgehead atoms. The van der Waals surface area contributed by atoms with Gasteiger partial charge in [0.2, 0.25) is 0 Å². The van der Waals surface area contributed by atoms with Gasteiger partial charge in [-0.15, -0.1) is 0 Å². The Morgan fingerprint density at radius 2 is 1.82 bits per heavy atom. The maximum absolute atomic E-state index is 10.8. The maximum atomic E-state index is 10.8. The van der Waals surface area contributed by atoms with E-state index in [0.29, 0.717) is 23.1 Å². The van der Waals surface area contributed by atoms with Crippen molar-refractivity contribution in [3.63, 3.8) is 0 Å². The van der Waals surface area contributed by atoms with Crippen LogP contribution < -0.4 is 4.74 Å². The van der Waals surface area contributed by atoms with Crippen molar-refractivity contribution in [1.29, 1.82) is 0 Å². The zero-order valence-electron chi connectivity index (χ0n) is 14.7. The van der Waals surface area contributed by atoms with Gasteiger partial charge in [0.05, 0.1) is 13.7 Å². The summed E-state index contributed by atoms with van der Waals surface area (Å²) in [5.74, 6) is 0.595. The van der Waals surface area contributed by atoms with Crippen molar-refractivity contribution in [2.24, 2.45) is 5.16 Å². The Morgan fingerprint density at radius 3 is 2.36 bits per heavy atom.